The maximum absolute atomic E-state index is 12.1. The molecule has 4 rings (SSSR count). The Kier molecular flexibility index (Phi) is 4.01. The van der Waals surface area contributed by atoms with Crippen molar-refractivity contribution in [3.63, 3.8) is 0 Å². The lowest BCUT2D eigenvalue weighted by Crippen LogP contribution is -2.47. The largest absolute Gasteiger partial charge is 0.368 e. The molecular weight excluding hydrogens is 328 g/mol. The predicted molar refractivity (Wildman–Crippen MR) is 100 cm³/mol. The fourth-order valence-electron chi connectivity index (χ4n) is 3.31. The van der Waals surface area contributed by atoms with Crippen molar-refractivity contribution < 1.29 is 0 Å². The number of fused-ring (bicyclic) bond motifs is 1. The number of piperazine rings is 1. The van der Waals surface area contributed by atoms with Crippen molar-refractivity contribution in [1.82, 2.24) is 14.5 Å². The van der Waals surface area contributed by atoms with Crippen LogP contribution in [0, 0.1) is 11.3 Å². The standard InChI is InChI=1S/C19H18N6O/c1-23-13-22-17-11-15(4-5-16(17)19(23)26)24-7-9-25(10-8-24)18-14(12-20)3-2-6-21-18/h2-6,11,13H,7-10H2,1H3. The van der Waals surface area contributed by atoms with Crippen LogP contribution in [0.2, 0.25) is 0 Å². The van der Waals surface area contributed by atoms with Gasteiger partial charge in [-0.25, -0.2) is 9.97 Å². The minimum absolute atomic E-state index is 0.0365. The van der Waals surface area contributed by atoms with E-state index in [9.17, 15) is 10.1 Å². The molecule has 3 heterocycles. The van der Waals surface area contributed by atoms with Crippen molar-refractivity contribution in [2.45, 2.75) is 0 Å². The first kappa shape index (κ1) is 16.1. The van der Waals surface area contributed by atoms with Gasteiger partial charge >= 0.3 is 0 Å². The highest BCUT2D eigenvalue weighted by Gasteiger charge is 2.20. The number of nitriles is 1. The van der Waals surface area contributed by atoms with E-state index in [0.29, 0.717) is 16.5 Å². The molecule has 1 saturated heterocycles. The van der Waals surface area contributed by atoms with Gasteiger partial charge in [0, 0.05) is 45.1 Å². The van der Waals surface area contributed by atoms with E-state index in [2.05, 4.69) is 25.8 Å². The molecule has 26 heavy (non-hydrogen) atoms. The van der Waals surface area contributed by atoms with Crippen molar-refractivity contribution in [3.8, 4) is 6.07 Å². The molecule has 0 bridgehead atoms. The lowest BCUT2D eigenvalue weighted by Gasteiger charge is -2.37. The van der Waals surface area contributed by atoms with Crippen LogP contribution in [0.4, 0.5) is 11.5 Å². The first-order valence-corrected chi connectivity index (χ1v) is 8.48. The Balaban J connectivity index is 1.55. The second kappa shape index (κ2) is 6.48. The minimum atomic E-state index is -0.0365. The maximum Gasteiger partial charge on any atom is 0.260 e. The minimum Gasteiger partial charge on any atom is -0.368 e. The van der Waals surface area contributed by atoms with Crippen LogP contribution in [0.15, 0.2) is 47.7 Å². The second-order valence-corrected chi connectivity index (χ2v) is 6.32. The first-order chi connectivity index (χ1) is 12.7. The molecule has 7 heteroatoms. The van der Waals surface area contributed by atoms with E-state index in [1.807, 2.05) is 18.2 Å². The van der Waals surface area contributed by atoms with Gasteiger partial charge in [-0.3, -0.25) is 4.79 Å². The highest BCUT2D eigenvalue weighted by Crippen LogP contribution is 2.23. The molecule has 0 aliphatic carbocycles. The molecule has 0 saturated carbocycles. The summed E-state index contributed by atoms with van der Waals surface area (Å²) in [5, 5.41) is 9.89. The molecule has 0 amide bonds. The van der Waals surface area contributed by atoms with E-state index in [0.717, 1.165) is 37.7 Å². The zero-order valence-corrected chi connectivity index (χ0v) is 14.5. The third kappa shape index (κ3) is 2.75. The SMILES string of the molecule is Cn1cnc2cc(N3CCN(c4ncccc4C#N)CC3)ccc2c1=O. The summed E-state index contributed by atoms with van der Waals surface area (Å²) in [5.41, 5.74) is 2.33. The Morgan fingerprint density at radius 3 is 2.62 bits per heavy atom. The molecule has 3 aromatic rings. The molecule has 0 unspecified atom stereocenters. The lowest BCUT2D eigenvalue weighted by atomic mass is 10.2. The smallest absolute Gasteiger partial charge is 0.260 e. The second-order valence-electron chi connectivity index (χ2n) is 6.32. The van der Waals surface area contributed by atoms with Gasteiger partial charge in [0.1, 0.15) is 11.9 Å². The van der Waals surface area contributed by atoms with Gasteiger partial charge in [0.25, 0.3) is 5.56 Å². The average molecular weight is 346 g/mol. The normalized spacial score (nSPS) is 14.5. The summed E-state index contributed by atoms with van der Waals surface area (Å²) in [6.07, 6.45) is 3.27. The molecule has 7 nitrogen and oxygen atoms in total. The number of aromatic nitrogens is 3. The lowest BCUT2D eigenvalue weighted by molar-refractivity contribution is 0.647. The van der Waals surface area contributed by atoms with Crippen LogP contribution in [0.1, 0.15) is 5.56 Å². The number of pyridine rings is 1. The summed E-state index contributed by atoms with van der Waals surface area (Å²) in [5.74, 6) is 0.748. The Morgan fingerprint density at radius 1 is 1.08 bits per heavy atom. The molecule has 2 aromatic heterocycles. The van der Waals surface area contributed by atoms with E-state index in [1.165, 1.54) is 4.57 Å². The van der Waals surface area contributed by atoms with Gasteiger partial charge in [-0.05, 0) is 30.3 Å². The van der Waals surface area contributed by atoms with E-state index in [1.54, 1.807) is 31.7 Å². The van der Waals surface area contributed by atoms with Gasteiger partial charge in [0.2, 0.25) is 0 Å². The summed E-state index contributed by atoms with van der Waals surface area (Å²) in [4.78, 5) is 25.3. The van der Waals surface area contributed by atoms with Crippen LogP contribution in [-0.4, -0.2) is 40.7 Å². The molecule has 1 aliphatic rings. The predicted octanol–water partition coefficient (Wildman–Crippen LogP) is 1.53. The number of hydrogen-bond acceptors (Lipinski definition) is 6. The highest BCUT2D eigenvalue weighted by atomic mass is 16.1. The number of benzene rings is 1. The summed E-state index contributed by atoms with van der Waals surface area (Å²) in [7, 11) is 1.70. The number of anilines is 2. The molecule has 0 N–H and O–H groups in total. The van der Waals surface area contributed by atoms with Crippen molar-refractivity contribution in [2.24, 2.45) is 7.05 Å². The quantitative estimate of drug-likeness (QED) is 0.700. The van der Waals surface area contributed by atoms with Crippen LogP contribution in [0.25, 0.3) is 10.9 Å². The molecule has 1 fully saturated rings. The van der Waals surface area contributed by atoms with Gasteiger partial charge in [-0.2, -0.15) is 5.26 Å². The number of aryl methyl sites for hydroxylation is 1. The highest BCUT2D eigenvalue weighted by molar-refractivity contribution is 5.81. The van der Waals surface area contributed by atoms with Crippen molar-refractivity contribution in [3.05, 3.63) is 58.8 Å². The van der Waals surface area contributed by atoms with Crippen molar-refractivity contribution in [2.75, 3.05) is 36.0 Å². The summed E-state index contributed by atoms with van der Waals surface area (Å²) < 4.78 is 1.49. The molecule has 130 valence electrons. The van der Waals surface area contributed by atoms with Gasteiger partial charge in [-0.1, -0.05) is 0 Å². The van der Waals surface area contributed by atoms with Gasteiger partial charge in [-0.15, -0.1) is 0 Å². The monoisotopic (exact) mass is 346 g/mol. The summed E-state index contributed by atoms with van der Waals surface area (Å²) in [6, 6.07) is 11.6. The number of hydrogen-bond donors (Lipinski definition) is 0. The molecule has 0 atom stereocenters. The van der Waals surface area contributed by atoms with Crippen LogP contribution in [-0.2, 0) is 7.05 Å². The molecule has 0 radical (unpaired) electrons. The van der Waals surface area contributed by atoms with Crippen LogP contribution < -0.4 is 15.4 Å². The van der Waals surface area contributed by atoms with Crippen LogP contribution >= 0.6 is 0 Å². The van der Waals surface area contributed by atoms with Crippen molar-refractivity contribution >= 4 is 22.4 Å². The summed E-state index contributed by atoms with van der Waals surface area (Å²) in [6.45, 7) is 3.21. The van der Waals surface area contributed by atoms with Crippen LogP contribution in [0.5, 0.6) is 0 Å². The van der Waals surface area contributed by atoms with Gasteiger partial charge < -0.3 is 14.4 Å². The van der Waals surface area contributed by atoms with Crippen LogP contribution in [0.3, 0.4) is 0 Å². The molecular formula is C19H18N6O. The average Bonchev–Trinajstić information content (AvgIpc) is 2.70. The Labute approximate surface area is 150 Å². The Morgan fingerprint density at radius 2 is 1.85 bits per heavy atom. The Hall–Kier alpha value is -3.40. The zero-order chi connectivity index (χ0) is 18.1. The van der Waals surface area contributed by atoms with E-state index in [-0.39, 0.29) is 5.56 Å². The molecule has 1 aliphatic heterocycles. The van der Waals surface area contributed by atoms with Crippen molar-refractivity contribution in [1.29, 1.82) is 5.26 Å². The zero-order valence-electron chi connectivity index (χ0n) is 14.5. The van der Waals surface area contributed by atoms with Gasteiger partial charge in [0.05, 0.1) is 22.8 Å². The summed E-state index contributed by atoms with van der Waals surface area (Å²) >= 11 is 0. The molecule has 1 aromatic carbocycles. The maximum atomic E-state index is 12.1. The van der Waals surface area contributed by atoms with E-state index in [4.69, 9.17) is 0 Å². The number of rotatable bonds is 2. The fraction of sp³-hybridized carbons (Fsp3) is 0.263. The Bertz CT molecular complexity index is 1060. The van der Waals surface area contributed by atoms with E-state index >= 15 is 0 Å². The third-order valence-electron chi connectivity index (χ3n) is 4.75. The number of nitrogens with zero attached hydrogens (tertiary/aromatic N) is 6. The van der Waals surface area contributed by atoms with E-state index < -0.39 is 0 Å². The topological polar surface area (TPSA) is 78.1 Å². The first-order valence-electron chi connectivity index (χ1n) is 8.48. The fourth-order valence-corrected chi connectivity index (χ4v) is 3.31. The third-order valence-corrected chi connectivity index (χ3v) is 4.75. The molecule has 0 spiro atoms. The van der Waals surface area contributed by atoms with Gasteiger partial charge in [0.15, 0.2) is 0 Å².